The molecule has 0 radical (unpaired) electrons. The van der Waals surface area contributed by atoms with Crippen LogP contribution in [0.5, 0.6) is 0 Å². The molecular formula is C30H32F2O. The quantitative estimate of drug-likeness (QED) is 0.314. The first-order chi connectivity index (χ1) is 16.1. The Balaban J connectivity index is 1.35. The van der Waals surface area contributed by atoms with Crippen molar-refractivity contribution in [2.45, 2.75) is 51.6 Å². The van der Waals surface area contributed by atoms with Gasteiger partial charge in [-0.2, -0.15) is 8.78 Å². The molecule has 1 saturated heterocycles. The Hall–Kier alpha value is -2.78. The maximum atomic E-state index is 12.1. The highest BCUT2D eigenvalue weighted by Gasteiger charge is 2.21. The van der Waals surface area contributed by atoms with Crippen molar-refractivity contribution in [3.05, 3.63) is 96.1 Å². The molecule has 0 aliphatic carbocycles. The standard InChI is InChI=1S/C30H32F2O/c1-2-22-9-20-29(33-21-22)28-18-16-27(17-19-28)26-14-12-25(13-15-26)24-10-7-23(8-11-24)5-3-4-6-30(31)32/h6-8,10-19,22,29H,2-5,9,20-21H2,1H3. The average Bonchev–Trinajstić information content (AvgIpc) is 2.87. The van der Waals surface area contributed by atoms with Crippen molar-refractivity contribution in [1.29, 1.82) is 0 Å². The summed E-state index contributed by atoms with van der Waals surface area (Å²) in [6.45, 7) is 3.12. The zero-order valence-electron chi connectivity index (χ0n) is 19.3. The molecule has 1 aliphatic heterocycles. The molecule has 1 nitrogen and oxygen atoms in total. The number of hydrogen-bond acceptors (Lipinski definition) is 1. The van der Waals surface area contributed by atoms with Crippen molar-refractivity contribution in [3.8, 4) is 22.3 Å². The Morgan fingerprint density at radius 3 is 1.85 bits per heavy atom. The van der Waals surface area contributed by atoms with Crippen LogP contribution in [0, 0.1) is 5.92 Å². The van der Waals surface area contributed by atoms with Gasteiger partial charge in [-0.05, 0) is 77.5 Å². The molecule has 3 heteroatoms. The van der Waals surface area contributed by atoms with Crippen molar-refractivity contribution >= 4 is 0 Å². The molecule has 0 aromatic heterocycles. The molecule has 1 fully saturated rings. The van der Waals surface area contributed by atoms with Gasteiger partial charge in [-0.3, -0.25) is 0 Å². The fourth-order valence-electron chi connectivity index (χ4n) is 4.52. The highest BCUT2D eigenvalue weighted by molar-refractivity contribution is 5.70. The Labute approximate surface area is 196 Å². The van der Waals surface area contributed by atoms with Gasteiger partial charge in [0, 0.05) is 0 Å². The summed E-state index contributed by atoms with van der Waals surface area (Å²) in [7, 11) is 0. The molecule has 3 aromatic rings. The van der Waals surface area contributed by atoms with Crippen LogP contribution in [0.25, 0.3) is 22.3 Å². The van der Waals surface area contributed by atoms with E-state index in [2.05, 4.69) is 79.7 Å². The van der Waals surface area contributed by atoms with Gasteiger partial charge in [-0.1, -0.05) is 86.1 Å². The predicted octanol–water partition coefficient (Wildman–Crippen LogP) is 9.00. The van der Waals surface area contributed by atoms with Crippen LogP contribution in [0.4, 0.5) is 8.78 Å². The van der Waals surface area contributed by atoms with Crippen LogP contribution in [-0.2, 0) is 11.2 Å². The lowest BCUT2D eigenvalue weighted by Crippen LogP contribution is -2.20. The van der Waals surface area contributed by atoms with E-state index in [0.29, 0.717) is 12.3 Å². The second-order valence-corrected chi connectivity index (χ2v) is 8.96. The molecule has 0 N–H and O–H groups in total. The zero-order chi connectivity index (χ0) is 23.0. The SMILES string of the molecule is CCC1CCC(c2ccc(-c3ccc(-c4ccc(CCCC=C(F)F)cc4)cc3)cc2)OC1. The highest BCUT2D eigenvalue weighted by Crippen LogP contribution is 2.33. The number of unbranched alkanes of at least 4 members (excludes halogenated alkanes) is 1. The lowest BCUT2D eigenvalue weighted by atomic mass is 9.92. The Morgan fingerprint density at radius 2 is 1.36 bits per heavy atom. The number of allylic oxidation sites excluding steroid dienone is 1. The number of ether oxygens (including phenoxy) is 1. The molecule has 0 bridgehead atoms. The van der Waals surface area contributed by atoms with Crippen molar-refractivity contribution in [1.82, 2.24) is 0 Å². The summed E-state index contributed by atoms with van der Waals surface area (Å²) in [5, 5.41) is 0. The van der Waals surface area contributed by atoms with E-state index in [9.17, 15) is 8.78 Å². The molecule has 1 heterocycles. The summed E-state index contributed by atoms with van der Waals surface area (Å²) < 4.78 is 30.3. The number of hydrogen-bond donors (Lipinski definition) is 0. The van der Waals surface area contributed by atoms with Crippen LogP contribution < -0.4 is 0 Å². The maximum absolute atomic E-state index is 12.1. The Kier molecular flexibility index (Phi) is 8.06. The fraction of sp³-hybridized carbons (Fsp3) is 0.333. The summed E-state index contributed by atoms with van der Waals surface area (Å²) in [5.41, 5.74) is 7.19. The van der Waals surface area contributed by atoms with E-state index in [-0.39, 0.29) is 6.10 Å². The van der Waals surface area contributed by atoms with E-state index in [1.54, 1.807) is 0 Å². The molecule has 1 aliphatic rings. The molecule has 3 aromatic carbocycles. The van der Waals surface area contributed by atoms with Gasteiger partial charge in [0.2, 0.25) is 0 Å². The first-order valence-electron chi connectivity index (χ1n) is 12.0. The van der Waals surface area contributed by atoms with Gasteiger partial charge in [-0.15, -0.1) is 0 Å². The van der Waals surface area contributed by atoms with Crippen molar-refractivity contribution in [2.24, 2.45) is 5.92 Å². The molecule has 0 amide bonds. The summed E-state index contributed by atoms with van der Waals surface area (Å²) in [6.07, 6.45) is 5.16. The van der Waals surface area contributed by atoms with Crippen LogP contribution in [0.3, 0.4) is 0 Å². The van der Waals surface area contributed by atoms with Gasteiger partial charge < -0.3 is 4.74 Å². The van der Waals surface area contributed by atoms with Crippen LogP contribution >= 0.6 is 0 Å². The van der Waals surface area contributed by atoms with E-state index >= 15 is 0 Å². The smallest absolute Gasteiger partial charge is 0.266 e. The van der Waals surface area contributed by atoms with E-state index in [1.807, 2.05) is 0 Å². The monoisotopic (exact) mass is 446 g/mol. The van der Waals surface area contributed by atoms with Crippen molar-refractivity contribution < 1.29 is 13.5 Å². The molecular weight excluding hydrogens is 414 g/mol. The highest BCUT2D eigenvalue weighted by atomic mass is 19.3. The Morgan fingerprint density at radius 1 is 0.818 bits per heavy atom. The fourth-order valence-corrected chi connectivity index (χ4v) is 4.52. The third-order valence-corrected chi connectivity index (χ3v) is 6.70. The lowest BCUT2D eigenvalue weighted by molar-refractivity contribution is -0.0180. The number of benzene rings is 3. The minimum absolute atomic E-state index is 0.230. The third kappa shape index (κ3) is 6.39. The van der Waals surface area contributed by atoms with Gasteiger partial charge in [-0.25, -0.2) is 0 Å². The summed E-state index contributed by atoms with van der Waals surface area (Å²) in [6, 6.07) is 25.8. The van der Waals surface area contributed by atoms with Gasteiger partial charge in [0.15, 0.2) is 0 Å². The van der Waals surface area contributed by atoms with Crippen LogP contribution in [0.15, 0.2) is 85.0 Å². The van der Waals surface area contributed by atoms with E-state index < -0.39 is 6.08 Å². The van der Waals surface area contributed by atoms with E-state index in [4.69, 9.17) is 4.74 Å². The van der Waals surface area contributed by atoms with Crippen LogP contribution in [-0.4, -0.2) is 6.61 Å². The second-order valence-electron chi connectivity index (χ2n) is 8.96. The summed E-state index contributed by atoms with van der Waals surface area (Å²) >= 11 is 0. The minimum atomic E-state index is -1.59. The van der Waals surface area contributed by atoms with Gasteiger partial charge in [0.25, 0.3) is 6.08 Å². The topological polar surface area (TPSA) is 9.23 Å². The second kappa shape index (κ2) is 11.4. The Bertz CT molecular complexity index is 1020. The number of aryl methyl sites for hydroxylation is 1. The molecule has 0 saturated carbocycles. The summed E-state index contributed by atoms with van der Waals surface area (Å²) in [4.78, 5) is 0. The largest absolute Gasteiger partial charge is 0.373 e. The zero-order valence-corrected chi connectivity index (χ0v) is 19.3. The average molecular weight is 447 g/mol. The number of rotatable bonds is 8. The first kappa shape index (κ1) is 23.4. The molecule has 4 rings (SSSR count). The van der Waals surface area contributed by atoms with Gasteiger partial charge in [0.05, 0.1) is 12.7 Å². The number of halogens is 2. The molecule has 0 spiro atoms. The van der Waals surface area contributed by atoms with Gasteiger partial charge in [0.1, 0.15) is 0 Å². The lowest BCUT2D eigenvalue weighted by Gasteiger charge is -2.28. The molecule has 33 heavy (non-hydrogen) atoms. The molecule has 172 valence electrons. The van der Waals surface area contributed by atoms with Crippen LogP contribution in [0.1, 0.15) is 56.3 Å². The van der Waals surface area contributed by atoms with E-state index in [0.717, 1.165) is 37.5 Å². The third-order valence-electron chi connectivity index (χ3n) is 6.70. The van der Waals surface area contributed by atoms with Crippen LogP contribution in [0.2, 0.25) is 0 Å². The minimum Gasteiger partial charge on any atom is -0.373 e. The summed E-state index contributed by atoms with van der Waals surface area (Å²) in [5.74, 6) is 0.714. The first-order valence-corrected chi connectivity index (χ1v) is 12.0. The molecule has 2 unspecified atom stereocenters. The molecule has 2 atom stereocenters. The predicted molar refractivity (Wildman–Crippen MR) is 132 cm³/mol. The van der Waals surface area contributed by atoms with E-state index in [1.165, 1.54) is 40.7 Å². The normalized spacial score (nSPS) is 18.2. The van der Waals surface area contributed by atoms with Gasteiger partial charge >= 0.3 is 0 Å². The van der Waals surface area contributed by atoms with Crippen molar-refractivity contribution in [2.75, 3.05) is 6.61 Å². The maximum Gasteiger partial charge on any atom is 0.266 e. The van der Waals surface area contributed by atoms with Crippen molar-refractivity contribution in [3.63, 3.8) is 0 Å².